The Balaban J connectivity index is 0.00000256. The highest BCUT2D eigenvalue weighted by Gasteiger charge is 2.33. The number of hydrogen-bond acceptors (Lipinski definition) is 3. The fourth-order valence-corrected chi connectivity index (χ4v) is 4.21. The normalized spacial score (nSPS) is 20.3. The molecular weight excluding hydrogens is 405 g/mol. The zero-order valence-electron chi connectivity index (χ0n) is 16.8. The number of amides is 2. The van der Waals surface area contributed by atoms with Crippen molar-refractivity contribution in [2.24, 2.45) is 0 Å². The predicted molar refractivity (Wildman–Crippen MR) is 116 cm³/mol. The lowest BCUT2D eigenvalue weighted by molar-refractivity contribution is -0.137. The zero-order chi connectivity index (χ0) is 20.4. The quantitative estimate of drug-likeness (QED) is 0.809. The number of piperazine rings is 1. The van der Waals surface area contributed by atoms with Crippen molar-refractivity contribution in [3.8, 4) is 0 Å². The maximum Gasteiger partial charge on any atom is 0.225 e. The summed E-state index contributed by atoms with van der Waals surface area (Å²) in [6, 6.07) is 13.7. The number of halogens is 2. The SMILES string of the molecule is CC(=O)N1C=Cc2ccccc2C1CC(=O)N1CCNCC1c1cccc(F)c1.Cl. The molecule has 0 spiro atoms. The van der Waals surface area contributed by atoms with Crippen LogP contribution in [-0.4, -0.2) is 41.2 Å². The molecule has 0 saturated carbocycles. The van der Waals surface area contributed by atoms with Gasteiger partial charge in [-0.15, -0.1) is 12.4 Å². The third-order valence-electron chi connectivity index (χ3n) is 5.63. The van der Waals surface area contributed by atoms with Gasteiger partial charge in [0.05, 0.1) is 18.5 Å². The summed E-state index contributed by atoms with van der Waals surface area (Å²) in [5.74, 6) is -0.452. The first-order valence-electron chi connectivity index (χ1n) is 9.86. The first-order valence-corrected chi connectivity index (χ1v) is 9.86. The number of nitrogens with one attached hydrogen (secondary N) is 1. The van der Waals surface area contributed by atoms with Gasteiger partial charge in [0.15, 0.2) is 0 Å². The van der Waals surface area contributed by atoms with Crippen LogP contribution in [-0.2, 0) is 9.59 Å². The van der Waals surface area contributed by atoms with Crippen molar-refractivity contribution in [3.05, 3.63) is 77.2 Å². The summed E-state index contributed by atoms with van der Waals surface area (Å²) in [6.07, 6.45) is 3.84. The van der Waals surface area contributed by atoms with Gasteiger partial charge in [0.2, 0.25) is 11.8 Å². The summed E-state index contributed by atoms with van der Waals surface area (Å²) in [6.45, 7) is 3.32. The van der Waals surface area contributed by atoms with Crippen LogP contribution in [0.2, 0.25) is 0 Å². The first-order chi connectivity index (χ1) is 14.0. The van der Waals surface area contributed by atoms with Gasteiger partial charge in [-0.05, 0) is 34.9 Å². The maximum atomic E-state index is 13.8. The molecule has 2 unspecified atom stereocenters. The number of nitrogens with zero attached hydrogens (tertiary/aromatic N) is 2. The summed E-state index contributed by atoms with van der Waals surface area (Å²) >= 11 is 0. The van der Waals surface area contributed by atoms with E-state index in [-0.39, 0.29) is 48.5 Å². The molecule has 0 radical (unpaired) electrons. The Bertz CT molecular complexity index is 965. The highest BCUT2D eigenvalue weighted by molar-refractivity contribution is 5.85. The van der Waals surface area contributed by atoms with E-state index < -0.39 is 0 Å². The molecule has 2 atom stereocenters. The van der Waals surface area contributed by atoms with Crippen molar-refractivity contribution < 1.29 is 14.0 Å². The van der Waals surface area contributed by atoms with Crippen LogP contribution in [0.4, 0.5) is 4.39 Å². The maximum absolute atomic E-state index is 13.8. The minimum atomic E-state index is -0.343. The van der Waals surface area contributed by atoms with Crippen LogP contribution < -0.4 is 5.32 Å². The average molecular weight is 430 g/mol. The highest BCUT2D eigenvalue weighted by Crippen LogP contribution is 2.34. The van der Waals surface area contributed by atoms with Crippen molar-refractivity contribution in [3.63, 3.8) is 0 Å². The molecule has 7 heteroatoms. The van der Waals surface area contributed by atoms with Gasteiger partial charge in [-0.2, -0.15) is 0 Å². The molecule has 0 aliphatic carbocycles. The zero-order valence-corrected chi connectivity index (χ0v) is 17.6. The van der Waals surface area contributed by atoms with Crippen molar-refractivity contribution in [1.82, 2.24) is 15.1 Å². The second-order valence-electron chi connectivity index (χ2n) is 7.45. The van der Waals surface area contributed by atoms with Crippen molar-refractivity contribution in [1.29, 1.82) is 0 Å². The minimum Gasteiger partial charge on any atom is -0.333 e. The molecule has 1 saturated heterocycles. The van der Waals surface area contributed by atoms with Crippen molar-refractivity contribution in [2.75, 3.05) is 19.6 Å². The van der Waals surface area contributed by atoms with Gasteiger partial charge in [0.1, 0.15) is 5.82 Å². The highest BCUT2D eigenvalue weighted by atomic mass is 35.5. The Labute approximate surface area is 182 Å². The Kier molecular flexibility index (Phi) is 6.90. The summed E-state index contributed by atoms with van der Waals surface area (Å²) in [7, 11) is 0. The lowest BCUT2D eigenvalue weighted by Crippen LogP contribution is -2.49. The summed E-state index contributed by atoms with van der Waals surface area (Å²) in [4.78, 5) is 29.0. The molecule has 158 valence electrons. The number of hydrogen-bond donors (Lipinski definition) is 1. The second kappa shape index (κ2) is 9.41. The van der Waals surface area contributed by atoms with Crippen molar-refractivity contribution in [2.45, 2.75) is 25.4 Å². The third kappa shape index (κ3) is 4.40. The van der Waals surface area contributed by atoms with Crippen LogP contribution in [0.5, 0.6) is 0 Å². The Morgan fingerprint density at radius 2 is 1.97 bits per heavy atom. The van der Waals surface area contributed by atoms with E-state index in [2.05, 4.69) is 5.32 Å². The lowest BCUT2D eigenvalue weighted by atomic mass is 9.92. The Morgan fingerprint density at radius 3 is 2.73 bits per heavy atom. The van der Waals surface area contributed by atoms with E-state index in [1.54, 1.807) is 17.2 Å². The summed E-state index contributed by atoms with van der Waals surface area (Å²) < 4.78 is 13.8. The smallest absolute Gasteiger partial charge is 0.225 e. The van der Waals surface area contributed by atoms with Gasteiger partial charge < -0.3 is 15.1 Å². The van der Waals surface area contributed by atoms with Gasteiger partial charge in [0, 0.05) is 32.8 Å². The van der Waals surface area contributed by atoms with E-state index in [1.165, 1.54) is 19.1 Å². The molecule has 1 fully saturated rings. The van der Waals surface area contributed by atoms with Gasteiger partial charge in [-0.25, -0.2) is 4.39 Å². The van der Waals surface area contributed by atoms with Crippen LogP contribution in [0.25, 0.3) is 6.08 Å². The molecule has 2 heterocycles. The van der Waals surface area contributed by atoms with Crippen molar-refractivity contribution >= 4 is 30.3 Å². The Hall–Kier alpha value is -2.70. The molecule has 1 N–H and O–H groups in total. The van der Waals surface area contributed by atoms with Crippen LogP contribution in [0.15, 0.2) is 54.7 Å². The molecule has 4 rings (SSSR count). The monoisotopic (exact) mass is 429 g/mol. The molecule has 5 nitrogen and oxygen atoms in total. The largest absolute Gasteiger partial charge is 0.333 e. The summed E-state index contributed by atoms with van der Waals surface area (Å²) in [5.41, 5.74) is 2.76. The van der Waals surface area contributed by atoms with Crippen LogP contribution in [0.3, 0.4) is 0 Å². The molecular formula is C23H25ClFN3O2. The van der Waals surface area contributed by atoms with Gasteiger partial charge in [0.25, 0.3) is 0 Å². The van der Waals surface area contributed by atoms with E-state index in [1.807, 2.05) is 41.3 Å². The predicted octanol–water partition coefficient (Wildman–Crippen LogP) is 3.68. The number of carbonyl (C=O) groups excluding carboxylic acids is 2. The fourth-order valence-electron chi connectivity index (χ4n) is 4.21. The number of carbonyl (C=O) groups is 2. The van der Waals surface area contributed by atoms with Gasteiger partial charge >= 0.3 is 0 Å². The fraction of sp³-hybridized carbons (Fsp3) is 0.304. The molecule has 2 aromatic carbocycles. The van der Waals surface area contributed by atoms with Gasteiger partial charge in [-0.1, -0.05) is 36.4 Å². The molecule has 30 heavy (non-hydrogen) atoms. The minimum absolute atomic E-state index is 0. The van der Waals surface area contributed by atoms with Crippen LogP contribution in [0, 0.1) is 5.82 Å². The topological polar surface area (TPSA) is 52.7 Å². The molecule has 2 aliphatic heterocycles. The number of benzene rings is 2. The second-order valence-corrected chi connectivity index (χ2v) is 7.45. The number of fused-ring (bicyclic) bond motifs is 1. The molecule has 0 aromatic heterocycles. The number of rotatable bonds is 3. The molecule has 0 bridgehead atoms. The summed E-state index contributed by atoms with van der Waals surface area (Å²) in [5, 5.41) is 3.29. The van der Waals surface area contributed by atoms with E-state index in [0.717, 1.165) is 16.7 Å². The Morgan fingerprint density at radius 1 is 1.17 bits per heavy atom. The van der Waals surface area contributed by atoms with E-state index in [0.29, 0.717) is 19.6 Å². The van der Waals surface area contributed by atoms with Crippen LogP contribution >= 0.6 is 12.4 Å². The van der Waals surface area contributed by atoms with E-state index in [9.17, 15) is 14.0 Å². The molecule has 2 amide bonds. The standard InChI is InChI=1S/C23H24FN3O2.ClH/c1-16(28)26-11-9-17-5-2-3-8-20(17)21(26)14-23(29)27-12-10-25-15-22(27)18-6-4-7-19(24)13-18;/h2-9,11,13,21-22,25H,10,12,14-15H2,1H3;1H. The van der Waals surface area contributed by atoms with E-state index >= 15 is 0 Å². The van der Waals surface area contributed by atoms with Gasteiger partial charge in [-0.3, -0.25) is 9.59 Å². The van der Waals surface area contributed by atoms with E-state index in [4.69, 9.17) is 0 Å². The lowest BCUT2D eigenvalue weighted by Gasteiger charge is -2.39. The first kappa shape index (κ1) is 22.0. The third-order valence-corrected chi connectivity index (χ3v) is 5.63. The van der Waals surface area contributed by atoms with Crippen LogP contribution in [0.1, 0.15) is 42.1 Å². The average Bonchev–Trinajstić information content (AvgIpc) is 2.73. The molecule has 2 aromatic rings. The molecule has 2 aliphatic rings.